The van der Waals surface area contributed by atoms with E-state index in [1.165, 1.54) is 38.5 Å². The molecular weight excluding hydrogens is 426 g/mol. The van der Waals surface area contributed by atoms with E-state index in [0.717, 1.165) is 29.1 Å². The fourth-order valence-corrected chi connectivity index (χ4v) is 6.88. The number of nitrogens with one attached hydrogen (secondary N) is 1. The van der Waals surface area contributed by atoms with Crippen LogP contribution in [0.25, 0.3) is 0 Å². The third kappa shape index (κ3) is 3.29. The molecule has 4 saturated carbocycles. The number of nitrogens with zero attached hydrogens (tertiary/aromatic N) is 4. The summed E-state index contributed by atoms with van der Waals surface area (Å²) in [6.07, 6.45) is 9.92. The molecule has 7 rings (SSSR count). The Balaban J connectivity index is 1.15. The van der Waals surface area contributed by atoms with Gasteiger partial charge in [0.2, 0.25) is 0 Å². The van der Waals surface area contributed by atoms with Gasteiger partial charge in [0.25, 0.3) is 5.91 Å². The Bertz CT molecular complexity index is 1150. The van der Waals surface area contributed by atoms with E-state index in [1.54, 1.807) is 16.8 Å². The summed E-state index contributed by atoms with van der Waals surface area (Å²) < 4.78 is 9.71. The molecule has 4 aliphatic rings. The van der Waals surface area contributed by atoms with E-state index < -0.39 is 0 Å². The van der Waals surface area contributed by atoms with Crippen LogP contribution in [0.2, 0.25) is 5.02 Å². The van der Waals surface area contributed by atoms with E-state index in [1.807, 2.05) is 26.1 Å². The molecule has 32 heavy (non-hydrogen) atoms. The topological polar surface area (TPSA) is 77.9 Å². The molecule has 0 unspecified atom stereocenters. The molecule has 0 radical (unpaired) electrons. The number of hydrogen-bond donors (Lipinski definition) is 1. The van der Waals surface area contributed by atoms with Gasteiger partial charge in [0, 0.05) is 12.3 Å². The van der Waals surface area contributed by atoms with Crippen molar-refractivity contribution in [2.45, 2.75) is 64.5 Å². The van der Waals surface area contributed by atoms with Crippen molar-refractivity contribution in [1.82, 2.24) is 19.6 Å². The van der Waals surface area contributed by atoms with Crippen LogP contribution in [-0.2, 0) is 12.1 Å². The van der Waals surface area contributed by atoms with Crippen molar-refractivity contribution in [1.29, 1.82) is 0 Å². The van der Waals surface area contributed by atoms with Gasteiger partial charge in [-0.3, -0.25) is 14.2 Å². The van der Waals surface area contributed by atoms with Crippen molar-refractivity contribution in [3.8, 4) is 0 Å². The van der Waals surface area contributed by atoms with Crippen LogP contribution in [0.3, 0.4) is 0 Å². The van der Waals surface area contributed by atoms with Gasteiger partial charge in [-0.1, -0.05) is 11.6 Å². The SMILES string of the molecule is Cc1nn(Cc2ccc(C(=O)Nc3ccn(C45CC6CC(CC(C6)C4)C5)n3)o2)c(C)c1Cl. The molecule has 8 heteroatoms. The molecule has 4 fully saturated rings. The van der Waals surface area contributed by atoms with Crippen molar-refractivity contribution < 1.29 is 9.21 Å². The number of carbonyl (C=O) groups is 1. The third-order valence-electron chi connectivity index (χ3n) is 7.81. The molecule has 1 N–H and O–H groups in total. The summed E-state index contributed by atoms with van der Waals surface area (Å²) in [6.45, 7) is 4.21. The Hall–Kier alpha value is -2.54. The molecule has 168 valence electrons. The molecule has 3 aromatic heterocycles. The number of aryl methyl sites for hydroxylation is 1. The first-order chi connectivity index (χ1) is 15.4. The summed E-state index contributed by atoms with van der Waals surface area (Å²) in [5, 5.41) is 12.8. The molecule has 3 heterocycles. The van der Waals surface area contributed by atoms with Crippen LogP contribution >= 0.6 is 11.6 Å². The largest absolute Gasteiger partial charge is 0.454 e. The first kappa shape index (κ1) is 20.1. The minimum atomic E-state index is -0.293. The van der Waals surface area contributed by atoms with Gasteiger partial charge in [0.15, 0.2) is 11.6 Å². The average molecular weight is 454 g/mol. The van der Waals surface area contributed by atoms with Gasteiger partial charge < -0.3 is 9.73 Å². The second-order valence-electron chi connectivity index (χ2n) is 10.1. The molecule has 3 aromatic rings. The second kappa shape index (κ2) is 7.24. The zero-order chi connectivity index (χ0) is 22.0. The van der Waals surface area contributed by atoms with Crippen molar-refractivity contribution in [3.63, 3.8) is 0 Å². The fraction of sp³-hybridized carbons (Fsp3) is 0.542. The molecule has 0 saturated heterocycles. The Morgan fingerprint density at radius 3 is 2.44 bits per heavy atom. The smallest absolute Gasteiger partial charge is 0.292 e. The molecule has 0 atom stereocenters. The minimum Gasteiger partial charge on any atom is -0.454 e. The van der Waals surface area contributed by atoms with Crippen LogP contribution in [-0.4, -0.2) is 25.5 Å². The van der Waals surface area contributed by atoms with E-state index in [2.05, 4.69) is 15.1 Å². The summed E-state index contributed by atoms with van der Waals surface area (Å²) >= 11 is 6.22. The number of anilines is 1. The lowest BCUT2D eigenvalue weighted by Crippen LogP contribution is -2.52. The van der Waals surface area contributed by atoms with Crippen molar-refractivity contribution in [3.05, 3.63) is 52.3 Å². The number of hydrogen-bond acceptors (Lipinski definition) is 4. The van der Waals surface area contributed by atoms with E-state index in [9.17, 15) is 4.79 Å². The van der Waals surface area contributed by atoms with E-state index >= 15 is 0 Å². The standard InChI is InChI=1S/C24H28ClN5O2/c1-14-22(25)15(2)29(27-14)13-19-3-4-20(32-19)23(31)26-21-5-6-30(28-21)24-10-16-7-17(11-24)9-18(8-16)12-24/h3-6,16-18H,7-13H2,1-2H3,(H,26,28,31). The first-order valence-electron chi connectivity index (χ1n) is 11.5. The van der Waals surface area contributed by atoms with Crippen molar-refractivity contribution >= 4 is 23.3 Å². The maximum Gasteiger partial charge on any atom is 0.292 e. The number of amides is 1. The van der Waals surface area contributed by atoms with Crippen molar-refractivity contribution in [2.24, 2.45) is 17.8 Å². The third-order valence-corrected chi connectivity index (χ3v) is 8.35. The lowest BCUT2D eigenvalue weighted by Gasteiger charge is -2.56. The van der Waals surface area contributed by atoms with Gasteiger partial charge in [-0.15, -0.1) is 0 Å². The Kier molecular flexibility index (Phi) is 4.54. The van der Waals surface area contributed by atoms with Crippen LogP contribution in [0.1, 0.15) is 66.2 Å². The summed E-state index contributed by atoms with van der Waals surface area (Å²) in [5.41, 5.74) is 1.81. The highest BCUT2D eigenvalue weighted by Gasteiger charge is 2.52. The molecule has 7 nitrogen and oxygen atoms in total. The second-order valence-corrected chi connectivity index (χ2v) is 10.5. The highest BCUT2D eigenvalue weighted by Crippen LogP contribution is 2.58. The summed E-state index contributed by atoms with van der Waals surface area (Å²) in [6, 6.07) is 5.39. The number of furan rings is 1. The monoisotopic (exact) mass is 453 g/mol. The fourth-order valence-electron chi connectivity index (χ4n) is 6.74. The molecule has 0 spiro atoms. The lowest BCUT2D eigenvalue weighted by molar-refractivity contribution is -0.0492. The van der Waals surface area contributed by atoms with E-state index in [0.29, 0.717) is 23.1 Å². The van der Waals surface area contributed by atoms with Crippen LogP contribution in [0.15, 0.2) is 28.8 Å². The van der Waals surface area contributed by atoms with Crippen LogP contribution in [0.4, 0.5) is 5.82 Å². The van der Waals surface area contributed by atoms with Gasteiger partial charge in [-0.05, 0) is 82.3 Å². The van der Waals surface area contributed by atoms with Crippen LogP contribution in [0.5, 0.6) is 0 Å². The zero-order valence-electron chi connectivity index (χ0n) is 18.5. The molecule has 1 amide bonds. The minimum absolute atomic E-state index is 0.149. The van der Waals surface area contributed by atoms with Gasteiger partial charge in [0.1, 0.15) is 5.76 Å². The maximum atomic E-state index is 12.8. The number of halogens is 1. The maximum absolute atomic E-state index is 12.8. The van der Waals surface area contributed by atoms with E-state index in [-0.39, 0.29) is 17.2 Å². The predicted octanol–water partition coefficient (Wildman–Crippen LogP) is 5.17. The average Bonchev–Trinajstić information content (AvgIpc) is 3.45. The lowest BCUT2D eigenvalue weighted by atomic mass is 9.53. The van der Waals surface area contributed by atoms with Crippen LogP contribution < -0.4 is 5.32 Å². The molecule has 0 aromatic carbocycles. The normalized spacial score (nSPS) is 28.4. The first-order valence-corrected chi connectivity index (χ1v) is 11.9. The van der Waals surface area contributed by atoms with Crippen LogP contribution in [0, 0.1) is 31.6 Å². The van der Waals surface area contributed by atoms with E-state index in [4.69, 9.17) is 21.1 Å². The molecular formula is C24H28ClN5O2. The Labute approximate surface area is 192 Å². The molecule has 0 aliphatic heterocycles. The predicted molar refractivity (Wildman–Crippen MR) is 121 cm³/mol. The highest BCUT2D eigenvalue weighted by atomic mass is 35.5. The summed E-state index contributed by atoms with van der Waals surface area (Å²) in [4.78, 5) is 12.8. The number of carbonyl (C=O) groups excluding carboxylic acids is 1. The number of aromatic nitrogens is 4. The molecule has 4 aliphatic carbocycles. The van der Waals surface area contributed by atoms with Gasteiger partial charge in [-0.2, -0.15) is 10.2 Å². The highest BCUT2D eigenvalue weighted by molar-refractivity contribution is 6.31. The summed E-state index contributed by atoms with van der Waals surface area (Å²) in [7, 11) is 0. The summed E-state index contributed by atoms with van der Waals surface area (Å²) in [5.74, 6) is 3.74. The Morgan fingerprint density at radius 1 is 1.12 bits per heavy atom. The number of rotatable bonds is 5. The van der Waals surface area contributed by atoms with Gasteiger partial charge in [0.05, 0.1) is 28.5 Å². The Morgan fingerprint density at radius 2 is 1.81 bits per heavy atom. The quantitative estimate of drug-likeness (QED) is 0.578. The van der Waals surface area contributed by atoms with Gasteiger partial charge >= 0.3 is 0 Å². The zero-order valence-corrected chi connectivity index (χ0v) is 19.2. The van der Waals surface area contributed by atoms with Gasteiger partial charge in [-0.25, -0.2) is 0 Å². The van der Waals surface area contributed by atoms with Crippen molar-refractivity contribution in [2.75, 3.05) is 5.32 Å². The molecule has 4 bridgehead atoms.